The highest BCUT2D eigenvalue weighted by Crippen LogP contribution is 2.36. The van der Waals surface area contributed by atoms with Crippen molar-refractivity contribution < 1.29 is 62.2 Å². The van der Waals surface area contributed by atoms with Crippen LogP contribution in [0.25, 0.3) is 67.3 Å². The molecule has 11 aromatic rings. The highest BCUT2D eigenvalue weighted by Gasteiger charge is 2.33. The fourth-order valence-electron chi connectivity index (χ4n) is 14.3. The van der Waals surface area contributed by atoms with Crippen LogP contribution in [0.4, 0.5) is 53.4 Å². The predicted molar refractivity (Wildman–Crippen MR) is 401 cm³/mol. The van der Waals surface area contributed by atoms with Gasteiger partial charge in [-0.25, -0.2) is 106 Å². The summed E-state index contributed by atoms with van der Waals surface area (Å²) in [6.45, 7) is 8.07. The zero-order valence-electron chi connectivity index (χ0n) is 60.4. The van der Waals surface area contributed by atoms with Crippen LogP contribution in [0.3, 0.4) is 0 Å². The Bertz CT molecular complexity index is 5460. The van der Waals surface area contributed by atoms with E-state index in [2.05, 4.69) is 76.4 Å². The molecular weight excluding hydrogens is 1490 g/mol. The van der Waals surface area contributed by atoms with Crippen LogP contribution < -0.4 is 32.3 Å². The Kier molecular flexibility index (Phi) is 23.1. The van der Waals surface area contributed by atoms with Crippen LogP contribution in [0.5, 0.6) is 0 Å². The fourth-order valence-corrected chi connectivity index (χ4v) is 17.0. The van der Waals surface area contributed by atoms with Crippen molar-refractivity contribution in [3.05, 3.63) is 169 Å². The van der Waals surface area contributed by atoms with Crippen LogP contribution in [0.15, 0.2) is 132 Å². The topological polar surface area (TPSA) is 355 Å². The lowest BCUT2D eigenvalue weighted by atomic mass is 9.91. The largest absolute Gasteiger partial charge is 0.378 e. The van der Waals surface area contributed by atoms with E-state index in [9.17, 15) is 52.8 Å². The molecule has 8 N–H and O–H groups in total. The number of carbonyl (C=O) groups is 2. The standard InChI is InChI=1S/C29H31F2N7O4S.C24H24F2N6O2S.C22H25F2N7O2/c1-18-5-7-22(8-6-18)43(40,41)38-17-24(23-13-19(30)15-33-28(23)38)26-32-16-25(31)27(36-26)34-20-3-2-4-21(14-20)35-29(39)37-9-11-42-12-10-37;1-14-5-7-18(8-6-14)35(33,34)32-13-20(19-9-15(25)11-29-24(19)32)22-28-12-21(26)23(31-22)30-17-4-2-3-16(27)10-17;23-13-8-16-17(11-26-19(16)25-10-13)20-27-12-18(24)21(30-20)28-14-2-1-3-15(9-14)29-22(32)31-4-6-33-7-5-31/h5-8,13,15-17,20-21H,2-4,9-12,14H2,1H3,(H,35,39)(H,32,34,36);5-9,11-13,16-17H,2-4,10,27H2,1H3,(H,28,30,31);8,10-12,14-15H,1-7,9H2,(H,25,26)(H,29,32)(H,27,28,30)/t20?,21-;16-,17?;14?,15-/m111/s1. The average Bonchev–Trinajstić information content (AvgIpc) is 1.61. The van der Waals surface area contributed by atoms with Crippen molar-refractivity contribution in [2.75, 3.05) is 68.6 Å². The Morgan fingerprint density at radius 1 is 0.468 bits per heavy atom. The van der Waals surface area contributed by atoms with Crippen molar-refractivity contribution in [3.63, 3.8) is 0 Å². The van der Waals surface area contributed by atoms with Gasteiger partial charge in [-0.3, -0.25) is 0 Å². The number of pyridine rings is 3. The molecule has 6 atom stereocenters. The Morgan fingerprint density at radius 2 is 0.838 bits per heavy atom. The first-order valence-corrected chi connectivity index (χ1v) is 39.4. The number of hydrogen-bond acceptors (Lipinski definition) is 21. The smallest absolute Gasteiger partial charge is 0.317 e. The third-order valence-corrected chi connectivity index (χ3v) is 23.4. The number of aromatic nitrogens is 12. The van der Waals surface area contributed by atoms with Gasteiger partial charge in [0.2, 0.25) is 0 Å². The lowest BCUT2D eigenvalue weighted by molar-refractivity contribution is 0.0521. The molecule has 2 aromatic carbocycles. The number of rotatable bonds is 15. The number of aryl methyl sites for hydroxylation is 2. The summed E-state index contributed by atoms with van der Waals surface area (Å²) in [6.07, 6.45) is 19.9. The van der Waals surface area contributed by atoms with Crippen LogP contribution in [-0.4, -0.2) is 185 Å². The van der Waals surface area contributed by atoms with Gasteiger partial charge in [0.15, 0.2) is 63.7 Å². The van der Waals surface area contributed by atoms with Crippen molar-refractivity contribution in [1.82, 2.24) is 78.2 Å². The summed E-state index contributed by atoms with van der Waals surface area (Å²) < 4.78 is 153. The van der Waals surface area contributed by atoms with Crippen molar-refractivity contribution in [2.24, 2.45) is 5.73 Å². The van der Waals surface area contributed by atoms with Crippen molar-refractivity contribution >= 4 is 82.7 Å². The molecule has 3 aliphatic carbocycles. The first kappa shape index (κ1) is 76.8. The molecule has 11 heterocycles. The molecule has 16 rings (SSSR count). The number of nitrogens with two attached hydrogens (primary N) is 1. The summed E-state index contributed by atoms with van der Waals surface area (Å²) in [5.74, 6) is -3.38. The molecule has 28 nitrogen and oxygen atoms in total. The SMILES string of the molecule is Cc1ccc(S(=O)(=O)n2cc(-c3ncc(F)c(NC4CCC[C@@H](N)C4)n3)c3cc(F)cnc32)cc1.Cc1ccc(S(=O)(=O)n2cc(-c3ncc(F)c(NC4CCC[C@@H](NC(=O)N5CCOCC5)C4)n3)c3cc(F)cnc32)cc1.O=C(N[C@@H]1CCCC(Nc2nc(-c3c[nH]c4ncc(F)cc34)ncc2F)C1)N1CCOCC1. The molecule has 5 fully saturated rings. The molecule has 0 spiro atoms. The number of carbonyl (C=O) groups excluding carboxylic acids is 2. The fraction of sp³-hybridized carbons (Fsp3) is 0.373. The van der Waals surface area contributed by atoms with Crippen molar-refractivity contribution in [3.8, 4) is 34.2 Å². The molecule has 4 amide bonds. The number of nitrogens with one attached hydrogen (secondary N) is 6. The third kappa shape index (κ3) is 17.6. The van der Waals surface area contributed by atoms with E-state index >= 15 is 0 Å². The molecule has 0 bridgehead atoms. The quantitative estimate of drug-likeness (QED) is 0.0469. The molecule has 582 valence electrons. The number of morpholine rings is 2. The summed E-state index contributed by atoms with van der Waals surface area (Å²) in [7, 11) is -8.16. The summed E-state index contributed by atoms with van der Waals surface area (Å²) in [4.78, 5) is 69.2. The molecule has 0 radical (unpaired) electrons. The molecule has 5 aliphatic rings. The second-order valence-electron chi connectivity index (χ2n) is 28.1. The molecule has 3 unspecified atom stereocenters. The van der Waals surface area contributed by atoms with Crippen LogP contribution in [0, 0.1) is 48.8 Å². The Morgan fingerprint density at radius 3 is 1.25 bits per heavy atom. The zero-order valence-corrected chi connectivity index (χ0v) is 62.0. The number of hydrogen-bond donors (Lipinski definition) is 7. The summed E-state index contributed by atoms with van der Waals surface area (Å²) in [6, 6.07) is 15.8. The van der Waals surface area contributed by atoms with E-state index < -0.39 is 54.9 Å². The number of nitrogens with zero attached hydrogens (tertiary/aromatic N) is 13. The summed E-state index contributed by atoms with van der Waals surface area (Å²) in [5.41, 5.74) is 9.28. The number of urea groups is 2. The van der Waals surface area contributed by atoms with Crippen LogP contribution in [0.1, 0.15) is 88.2 Å². The lowest BCUT2D eigenvalue weighted by Crippen LogP contribution is -2.51. The van der Waals surface area contributed by atoms with Gasteiger partial charge < -0.3 is 56.6 Å². The third-order valence-electron chi connectivity index (χ3n) is 20.1. The van der Waals surface area contributed by atoms with Gasteiger partial charge in [-0.1, -0.05) is 35.4 Å². The maximum absolute atomic E-state index is 15.0. The number of benzene rings is 2. The highest BCUT2D eigenvalue weighted by molar-refractivity contribution is 7.90. The van der Waals surface area contributed by atoms with Gasteiger partial charge in [-0.2, -0.15) is 0 Å². The molecule has 2 aliphatic heterocycles. The van der Waals surface area contributed by atoms with Gasteiger partial charge in [-0.05, 0) is 133 Å². The lowest BCUT2D eigenvalue weighted by Gasteiger charge is -2.33. The Hall–Kier alpha value is -11.0. The number of H-pyrrole nitrogens is 1. The molecular formula is C75H80F6N20O8S2. The molecule has 36 heteroatoms. The number of ether oxygens (including phenoxy) is 2. The molecule has 9 aromatic heterocycles. The number of fused-ring (bicyclic) bond motifs is 3. The van der Waals surface area contributed by atoms with E-state index in [1.807, 2.05) is 13.8 Å². The number of anilines is 3. The number of halogens is 6. The van der Waals surface area contributed by atoms with E-state index in [4.69, 9.17) is 15.2 Å². The molecule has 3 saturated carbocycles. The normalized spacial score (nSPS) is 19.7. The van der Waals surface area contributed by atoms with Crippen LogP contribution in [-0.2, 0) is 29.5 Å². The second kappa shape index (κ2) is 33.3. The highest BCUT2D eigenvalue weighted by atomic mass is 32.2. The van der Waals surface area contributed by atoms with Crippen molar-refractivity contribution in [1.29, 1.82) is 0 Å². The summed E-state index contributed by atoms with van der Waals surface area (Å²) in [5, 5.41) is 16.5. The minimum absolute atomic E-state index is 0.00127. The van der Waals surface area contributed by atoms with Gasteiger partial charge >= 0.3 is 12.1 Å². The van der Waals surface area contributed by atoms with E-state index in [-0.39, 0.29) is 126 Å². The Balaban J connectivity index is 0.000000140. The van der Waals surface area contributed by atoms with Crippen LogP contribution in [0.2, 0.25) is 0 Å². The van der Waals surface area contributed by atoms with Gasteiger partial charge in [0.1, 0.15) is 23.1 Å². The summed E-state index contributed by atoms with van der Waals surface area (Å²) >= 11 is 0. The van der Waals surface area contributed by atoms with Gasteiger partial charge in [0, 0.05) is 114 Å². The molecule has 111 heavy (non-hydrogen) atoms. The van der Waals surface area contributed by atoms with Gasteiger partial charge in [0.25, 0.3) is 20.0 Å². The van der Waals surface area contributed by atoms with Gasteiger partial charge in [-0.15, -0.1) is 0 Å². The monoisotopic (exact) mass is 1570 g/mol. The Labute approximate surface area is 634 Å². The van der Waals surface area contributed by atoms with E-state index in [0.29, 0.717) is 88.5 Å². The van der Waals surface area contributed by atoms with Crippen LogP contribution >= 0.6 is 0 Å². The average molecular weight is 1570 g/mol. The predicted octanol–water partition coefficient (Wildman–Crippen LogP) is 11.1. The number of aromatic amines is 1. The van der Waals surface area contributed by atoms with E-state index in [0.717, 1.165) is 120 Å². The van der Waals surface area contributed by atoms with E-state index in [1.165, 1.54) is 48.8 Å². The minimum Gasteiger partial charge on any atom is -0.378 e. The first-order chi connectivity index (χ1) is 53.5. The minimum atomic E-state index is -4.11. The number of amides is 4. The van der Waals surface area contributed by atoms with Crippen molar-refractivity contribution in [2.45, 2.75) is 137 Å². The maximum atomic E-state index is 15.0. The maximum Gasteiger partial charge on any atom is 0.317 e. The second-order valence-corrected chi connectivity index (χ2v) is 31.7. The van der Waals surface area contributed by atoms with Gasteiger partial charge in [0.05, 0.1) is 73.4 Å². The van der Waals surface area contributed by atoms with E-state index in [1.54, 1.807) is 40.3 Å². The molecule has 2 saturated heterocycles. The first-order valence-electron chi connectivity index (χ1n) is 36.5. The zero-order chi connectivity index (χ0) is 77.7.